The fourth-order valence-corrected chi connectivity index (χ4v) is 5.61. The van der Waals surface area contributed by atoms with Crippen LogP contribution in [0.4, 0.5) is 45.5 Å². The van der Waals surface area contributed by atoms with Gasteiger partial charge in [-0.1, -0.05) is 97.1 Å². The van der Waals surface area contributed by atoms with E-state index in [1.165, 1.54) is 11.1 Å². The van der Waals surface area contributed by atoms with Crippen LogP contribution in [0.5, 0.6) is 0 Å². The second-order valence-electron chi connectivity index (χ2n) is 10.8. The van der Waals surface area contributed by atoms with E-state index in [1.54, 1.807) is 0 Å². The Kier molecular flexibility index (Phi) is 8.06. The number of hydrogen-bond donors (Lipinski definition) is 1. The molecule has 7 rings (SSSR count). The number of benzene rings is 7. The van der Waals surface area contributed by atoms with Crippen molar-refractivity contribution in [3.63, 3.8) is 0 Å². The standard InChI is InChI=1S/C42H33N3/c1-5-13-35(14-6-1)43-36-25-21-33(22-26-36)34-23-27-40(28-24-34)45(39-19-11-4-12-20-39)42-31-29-41(30-32-42)44(37-15-7-2-8-16-37)38-17-9-3-10-18-38/h1-32,43H. The van der Waals surface area contributed by atoms with Gasteiger partial charge >= 0.3 is 0 Å². The van der Waals surface area contributed by atoms with Crippen molar-refractivity contribution in [3.8, 4) is 11.1 Å². The van der Waals surface area contributed by atoms with Crippen molar-refractivity contribution in [3.05, 3.63) is 194 Å². The van der Waals surface area contributed by atoms with Gasteiger partial charge in [-0.3, -0.25) is 0 Å². The van der Waals surface area contributed by atoms with Crippen molar-refractivity contribution in [2.75, 3.05) is 15.1 Å². The van der Waals surface area contributed by atoms with Crippen molar-refractivity contribution in [1.29, 1.82) is 0 Å². The maximum atomic E-state index is 3.46. The third-order valence-corrected chi connectivity index (χ3v) is 7.82. The van der Waals surface area contributed by atoms with Gasteiger partial charge in [0.15, 0.2) is 0 Å². The van der Waals surface area contributed by atoms with Gasteiger partial charge in [0.2, 0.25) is 0 Å². The maximum Gasteiger partial charge on any atom is 0.0463 e. The van der Waals surface area contributed by atoms with Crippen LogP contribution in [0.25, 0.3) is 11.1 Å². The molecule has 0 fully saturated rings. The molecule has 1 N–H and O–H groups in total. The normalized spacial score (nSPS) is 10.7. The molecule has 0 aliphatic rings. The number of nitrogens with zero attached hydrogens (tertiary/aromatic N) is 2. The lowest BCUT2D eigenvalue weighted by atomic mass is 10.0. The van der Waals surface area contributed by atoms with Gasteiger partial charge in [-0.2, -0.15) is 0 Å². The molecule has 7 aromatic rings. The van der Waals surface area contributed by atoms with E-state index in [0.717, 1.165) is 45.5 Å². The van der Waals surface area contributed by atoms with Crippen LogP contribution >= 0.6 is 0 Å². The van der Waals surface area contributed by atoms with Crippen LogP contribution in [0.3, 0.4) is 0 Å². The van der Waals surface area contributed by atoms with Crippen LogP contribution < -0.4 is 15.1 Å². The molecule has 0 heterocycles. The van der Waals surface area contributed by atoms with Crippen molar-refractivity contribution in [2.45, 2.75) is 0 Å². The fraction of sp³-hybridized carbons (Fsp3) is 0. The summed E-state index contributed by atoms with van der Waals surface area (Å²) in [5, 5.41) is 3.46. The van der Waals surface area contributed by atoms with Gasteiger partial charge in [-0.15, -0.1) is 0 Å². The molecule has 0 aliphatic heterocycles. The van der Waals surface area contributed by atoms with Gasteiger partial charge in [0, 0.05) is 45.5 Å². The summed E-state index contributed by atoms with van der Waals surface area (Å²) < 4.78 is 0. The first-order valence-corrected chi connectivity index (χ1v) is 15.2. The Morgan fingerprint density at radius 2 is 0.511 bits per heavy atom. The first-order valence-electron chi connectivity index (χ1n) is 15.2. The first-order chi connectivity index (χ1) is 22.3. The zero-order valence-corrected chi connectivity index (χ0v) is 24.9. The van der Waals surface area contributed by atoms with Gasteiger partial charge in [0.05, 0.1) is 0 Å². The van der Waals surface area contributed by atoms with Crippen molar-refractivity contribution in [2.24, 2.45) is 0 Å². The van der Waals surface area contributed by atoms with E-state index in [4.69, 9.17) is 0 Å². The van der Waals surface area contributed by atoms with Gasteiger partial charge in [-0.25, -0.2) is 0 Å². The van der Waals surface area contributed by atoms with E-state index in [-0.39, 0.29) is 0 Å². The SMILES string of the molecule is c1ccc(Nc2ccc(-c3ccc(N(c4ccccc4)c4ccc(N(c5ccccc5)c5ccccc5)cc4)cc3)cc2)cc1. The fourth-order valence-electron chi connectivity index (χ4n) is 5.61. The largest absolute Gasteiger partial charge is 0.356 e. The summed E-state index contributed by atoms with van der Waals surface area (Å²) in [6.07, 6.45) is 0. The quantitative estimate of drug-likeness (QED) is 0.183. The summed E-state index contributed by atoms with van der Waals surface area (Å²) in [4.78, 5) is 4.59. The Morgan fingerprint density at radius 1 is 0.244 bits per heavy atom. The molecular weight excluding hydrogens is 546 g/mol. The average molecular weight is 580 g/mol. The Labute approximate surface area is 265 Å². The number of nitrogens with one attached hydrogen (secondary N) is 1. The molecule has 0 saturated heterocycles. The molecule has 0 amide bonds. The Bertz CT molecular complexity index is 1880. The minimum Gasteiger partial charge on any atom is -0.356 e. The van der Waals surface area contributed by atoms with Crippen LogP contribution in [0.1, 0.15) is 0 Å². The minimum atomic E-state index is 1.07. The van der Waals surface area contributed by atoms with Crippen LogP contribution in [0, 0.1) is 0 Å². The zero-order chi connectivity index (χ0) is 30.3. The second kappa shape index (κ2) is 13.1. The van der Waals surface area contributed by atoms with Gasteiger partial charge < -0.3 is 15.1 Å². The summed E-state index contributed by atoms with van der Waals surface area (Å²) in [6.45, 7) is 0. The lowest BCUT2D eigenvalue weighted by Crippen LogP contribution is -2.12. The topological polar surface area (TPSA) is 18.5 Å². The highest BCUT2D eigenvalue weighted by Gasteiger charge is 2.15. The van der Waals surface area contributed by atoms with Crippen LogP contribution in [0.15, 0.2) is 194 Å². The number of para-hydroxylation sites is 4. The van der Waals surface area contributed by atoms with Gasteiger partial charge in [0.25, 0.3) is 0 Å². The lowest BCUT2D eigenvalue weighted by Gasteiger charge is -2.28. The van der Waals surface area contributed by atoms with E-state index in [2.05, 4.69) is 191 Å². The van der Waals surface area contributed by atoms with E-state index >= 15 is 0 Å². The lowest BCUT2D eigenvalue weighted by molar-refractivity contribution is 1.26. The summed E-state index contributed by atoms with van der Waals surface area (Å²) in [5.74, 6) is 0. The molecule has 0 aromatic heterocycles. The average Bonchev–Trinajstić information content (AvgIpc) is 3.12. The number of hydrogen-bond acceptors (Lipinski definition) is 3. The first kappa shape index (κ1) is 27.8. The zero-order valence-electron chi connectivity index (χ0n) is 24.9. The Balaban J connectivity index is 1.18. The highest BCUT2D eigenvalue weighted by atomic mass is 15.2. The molecule has 0 unspecified atom stereocenters. The van der Waals surface area contributed by atoms with E-state index in [9.17, 15) is 0 Å². The molecule has 0 bridgehead atoms. The third-order valence-electron chi connectivity index (χ3n) is 7.82. The summed E-state index contributed by atoms with van der Waals surface area (Å²) >= 11 is 0. The smallest absolute Gasteiger partial charge is 0.0463 e. The summed E-state index contributed by atoms with van der Waals surface area (Å²) in [7, 11) is 0. The van der Waals surface area contributed by atoms with Crippen LogP contribution in [-0.4, -0.2) is 0 Å². The molecule has 0 radical (unpaired) electrons. The van der Waals surface area contributed by atoms with Crippen molar-refractivity contribution < 1.29 is 0 Å². The van der Waals surface area contributed by atoms with Crippen LogP contribution in [0.2, 0.25) is 0 Å². The van der Waals surface area contributed by atoms with E-state index < -0.39 is 0 Å². The minimum absolute atomic E-state index is 1.07. The highest BCUT2D eigenvalue weighted by Crippen LogP contribution is 2.39. The summed E-state index contributed by atoms with van der Waals surface area (Å²) in [6, 6.07) is 68.0. The Morgan fingerprint density at radius 3 is 0.889 bits per heavy atom. The molecular formula is C42H33N3. The highest BCUT2D eigenvalue weighted by molar-refractivity contribution is 5.82. The number of rotatable bonds is 9. The van der Waals surface area contributed by atoms with Crippen LogP contribution in [-0.2, 0) is 0 Å². The van der Waals surface area contributed by atoms with Gasteiger partial charge in [0.1, 0.15) is 0 Å². The van der Waals surface area contributed by atoms with E-state index in [1.807, 2.05) is 18.2 Å². The third kappa shape index (κ3) is 6.34. The van der Waals surface area contributed by atoms with Gasteiger partial charge in [-0.05, 0) is 108 Å². The predicted octanol–water partition coefficient (Wildman–Crippen LogP) is 12.0. The Hall–Kier alpha value is -6.06. The molecule has 216 valence electrons. The molecule has 0 atom stereocenters. The molecule has 0 spiro atoms. The molecule has 7 aromatic carbocycles. The molecule has 3 nitrogen and oxygen atoms in total. The number of anilines is 8. The predicted molar refractivity (Wildman–Crippen MR) is 191 cm³/mol. The monoisotopic (exact) mass is 579 g/mol. The summed E-state index contributed by atoms with van der Waals surface area (Å²) in [5.41, 5.74) is 11.1. The van der Waals surface area contributed by atoms with Crippen molar-refractivity contribution >= 4 is 45.5 Å². The molecule has 0 saturated carbocycles. The maximum absolute atomic E-state index is 3.46. The second-order valence-corrected chi connectivity index (χ2v) is 10.8. The van der Waals surface area contributed by atoms with Crippen molar-refractivity contribution in [1.82, 2.24) is 0 Å². The molecule has 0 aliphatic carbocycles. The van der Waals surface area contributed by atoms with E-state index in [0.29, 0.717) is 0 Å². The molecule has 45 heavy (non-hydrogen) atoms. The molecule has 3 heteroatoms.